The summed E-state index contributed by atoms with van der Waals surface area (Å²) < 4.78 is 25.8. The minimum atomic E-state index is -3.18. The van der Waals surface area contributed by atoms with E-state index in [2.05, 4.69) is 0 Å². The number of amides is 1. The Kier molecular flexibility index (Phi) is 4.44. The number of nitrogens with zero attached hydrogens (tertiary/aromatic N) is 2. The Morgan fingerprint density at radius 2 is 1.91 bits per heavy atom. The lowest BCUT2D eigenvalue weighted by atomic mass is 10.1. The van der Waals surface area contributed by atoms with E-state index in [0.717, 1.165) is 15.0 Å². The van der Waals surface area contributed by atoms with Crippen LogP contribution in [-0.2, 0) is 10.0 Å². The van der Waals surface area contributed by atoms with Crippen LogP contribution in [-0.4, -0.2) is 56.0 Å². The van der Waals surface area contributed by atoms with Gasteiger partial charge in [-0.15, -0.1) is 11.3 Å². The maximum Gasteiger partial charge on any atom is 0.263 e. The molecule has 3 rings (SSSR count). The third-order valence-electron chi connectivity index (χ3n) is 4.43. The van der Waals surface area contributed by atoms with Gasteiger partial charge in [0, 0.05) is 30.9 Å². The molecule has 1 aromatic carbocycles. The normalized spacial score (nSPS) is 17.1. The number of sulfonamides is 1. The average molecular weight is 352 g/mol. The van der Waals surface area contributed by atoms with Gasteiger partial charge in [-0.2, -0.15) is 0 Å². The first kappa shape index (κ1) is 16.4. The van der Waals surface area contributed by atoms with Crippen LogP contribution in [0.15, 0.2) is 30.3 Å². The monoisotopic (exact) mass is 352 g/mol. The van der Waals surface area contributed by atoms with Crippen LogP contribution in [0.1, 0.15) is 22.5 Å². The molecule has 0 unspecified atom stereocenters. The second-order valence-corrected chi connectivity index (χ2v) is 9.08. The van der Waals surface area contributed by atoms with Crippen molar-refractivity contribution in [3.63, 3.8) is 0 Å². The highest BCUT2D eigenvalue weighted by atomic mass is 32.2. The van der Waals surface area contributed by atoms with Crippen LogP contribution < -0.4 is 0 Å². The highest BCUT2D eigenvalue weighted by Gasteiger charge is 2.29. The van der Waals surface area contributed by atoms with E-state index in [1.165, 1.54) is 21.9 Å². The van der Waals surface area contributed by atoms with Crippen LogP contribution in [0.3, 0.4) is 0 Å². The van der Waals surface area contributed by atoms with Gasteiger partial charge in [-0.05, 0) is 30.4 Å². The van der Waals surface area contributed by atoms with Gasteiger partial charge < -0.3 is 4.90 Å². The summed E-state index contributed by atoms with van der Waals surface area (Å²) in [5.41, 5.74) is 0. The van der Waals surface area contributed by atoms with Gasteiger partial charge in [-0.25, -0.2) is 12.7 Å². The Hall–Kier alpha value is -1.44. The number of likely N-dealkylation sites (tertiary alicyclic amines) is 1. The topological polar surface area (TPSA) is 57.7 Å². The summed E-state index contributed by atoms with van der Waals surface area (Å²) in [6, 6.07) is 9.89. The van der Waals surface area contributed by atoms with Crippen LogP contribution in [0.5, 0.6) is 0 Å². The fourth-order valence-corrected chi connectivity index (χ4v) is 4.73. The Labute approximate surface area is 140 Å². The van der Waals surface area contributed by atoms with Crippen molar-refractivity contribution in [1.82, 2.24) is 9.21 Å². The molecule has 23 heavy (non-hydrogen) atoms. The van der Waals surface area contributed by atoms with Gasteiger partial charge in [0.05, 0.1) is 11.1 Å². The molecule has 0 aliphatic carbocycles. The third kappa shape index (κ3) is 3.41. The van der Waals surface area contributed by atoms with Gasteiger partial charge in [-0.1, -0.05) is 18.2 Å². The standard InChI is InChI=1S/C16H20N2O3S2/c1-17(23(2,20)21)13-7-9-18(10-8-13)16(19)15-11-12-5-3-4-6-14(12)22-15/h3-6,11,13H,7-10H2,1-2H3. The molecule has 1 aliphatic rings. The smallest absolute Gasteiger partial charge is 0.263 e. The Bertz CT molecular complexity index is 788. The molecule has 1 fully saturated rings. The molecular weight excluding hydrogens is 332 g/mol. The molecule has 0 saturated carbocycles. The Morgan fingerprint density at radius 1 is 1.26 bits per heavy atom. The summed E-state index contributed by atoms with van der Waals surface area (Å²) in [4.78, 5) is 15.2. The first-order valence-corrected chi connectivity index (χ1v) is 10.2. The predicted molar refractivity (Wildman–Crippen MR) is 93.4 cm³/mol. The molecule has 2 aromatic rings. The fourth-order valence-electron chi connectivity index (χ4n) is 2.95. The second kappa shape index (κ2) is 6.22. The highest BCUT2D eigenvalue weighted by molar-refractivity contribution is 7.88. The van der Waals surface area contributed by atoms with Crippen LogP contribution in [0.4, 0.5) is 0 Å². The largest absolute Gasteiger partial charge is 0.338 e. The number of thiophene rings is 1. The molecule has 7 heteroatoms. The van der Waals surface area contributed by atoms with Gasteiger partial charge in [0.25, 0.3) is 5.91 Å². The number of piperidine rings is 1. The summed E-state index contributed by atoms with van der Waals surface area (Å²) in [7, 11) is -1.56. The van der Waals surface area contributed by atoms with E-state index < -0.39 is 10.0 Å². The molecule has 0 N–H and O–H groups in total. The lowest BCUT2D eigenvalue weighted by Crippen LogP contribution is -2.46. The predicted octanol–water partition coefficient (Wildman–Crippen LogP) is 2.40. The van der Waals surface area contributed by atoms with Crippen molar-refractivity contribution >= 4 is 37.4 Å². The highest BCUT2D eigenvalue weighted by Crippen LogP contribution is 2.27. The van der Waals surface area contributed by atoms with Gasteiger partial charge >= 0.3 is 0 Å². The van der Waals surface area contributed by atoms with Crippen molar-refractivity contribution in [2.45, 2.75) is 18.9 Å². The van der Waals surface area contributed by atoms with Crippen molar-refractivity contribution in [2.24, 2.45) is 0 Å². The van der Waals surface area contributed by atoms with E-state index in [-0.39, 0.29) is 11.9 Å². The summed E-state index contributed by atoms with van der Waals surface area (Å²) >= 11 is 1.51. The SMILES string of the molecule is CN(C1CCN(C(=O)c2cc3ccccc3s2)CC1)S(C)(=O)=O. The number of benzene rings is 1. The molecule has 0 bridgehead atoms. The van der Waals surface area contributed by atoms with E-state index in [1.807, 2.05) is 35.2 Å². The van der Waals surface area contributed by atoms with Crippen molar-refractivity contribution in [1.29, 1.82) is 0 Å². The van der Waals surface area contributed by atoms with Gasteiger partial charge in [-0.3, -0.25) is 4.79 Å². The summed E-state index contributed by atoms with van der Waals surface area (Å²) in [6.45, 7) is 1.19. The number of fused-ring (bicyclic) bond motifs is 1. The van der Waals surface area contributed by atoms with Crippen LogP contribution in [0.25, 0.3) is 10.1 Å². The fraction of sp³-hybridized carbons (Fsp3) is 0.438. The molecule has 1 aromatic heterocycles. The second-order valence-electron chi connectivity index (χ2n) is 5.95. The zero-order chi connectivity index (χ0) is 16.6. The molecule has 0 spiro atoms. The van der Waals surface area contributed by atoms with E-state index in [1.54, 1.807) is 7.05 Å². The molecule has 1 saturated heterocycles. The quantitative estimate of drug-likeness (QED) is 0.852. The number of carbonyl (C=O) groups is 1. The third-order valence-corrected chi connectivity index (χ3v) is 6.87. The number of hydrogen-bond acceptors (Lipinski definition) is 4. The van der Waals surface area contributed by atoms with E-state index >= 15 is 0 Å². The number of rotatable bonds is 3. The van der Waals surface area contributed by atoms with Crippen molar-refractivity contribution in [3.8, 4) is 0 Å². The minimum Gasteiger partial charge on any atom is -0.338 e. The lowest BCUT2D eigenvalue weighted by Gasteiger charge is -2.35. The van der Waals surface area contributed by atoms with Crippen molar-refractivity contribution in [2.75, 3.05) is 26.4 Å². The molecule has 0 radical (unpaired) electrons. The van der Waals surface area contributed by atoms with Crippen molar-refractivity contribution < 1.29 is 13.2 Å². The first-order chi connectivity index (χ1) is 10.9. The van der Waals surface area contributed by atoms with Gasteiger partial charge in [0.1, 0.15) is 0 Å². The van der Waals surface area contributed by atoms with Gasteiger partial charge in [0.2, 0.25) is 10.0 Å². The minimum absolute atomic E-state index is 0.0172. The van der Waals surface area contributed by atoms with E-state index in [0.29, 0.717) is 25.9 Å². The van der Waals surface area contributed by atoms with E-state index in [9.17, 15) is 13.2 Å². The van der Waals surface area contributed by atoms with E-state index in [4.69, 9.17) is 0 Å². The summed E-state index contributed by atoms with van der Waals surface area (Å²) in [5.74, 6) is 0.0478. The maximum atomic E-state index is 12.6. The number of carbonyl (C=O) groups excluding carboxylic acids is 1. The summed E-state index contributed by atoms with van der Waals surface area (Å²) in [5, 5.41) is 1.09. The first-order valence-electron chi connectivity index (χ1n) is 7.57. The molecule has 0 atom stereocenters. The zero-order valence-corrected chi connectivity index (χ0v) is 14.9. The molecule has 124 valence electrons. The Balaban J connectivity index is 1.68. The molecule has 1 aliphatic heterocycles. The number of hydrogen-bond donors (Lipinski definition) is 0. The van der Waals surface area contributed by atoms with Crippen molar-refractivity contribution in [3.05, 3.63) is 35.2 Å². The van der Waals surface area contributed by atoms with Crippen LogP contribution in [0.2, 0.25) is 0 Å². The lowest BCUT2D eigenvalue weighted by molar-refractivity contribution is 0.0691. The van der Waals surface area contributed by atoms with Gasteiger partial charge in [0.15, 0.2) is 0 Å². The molecular formula is C16H20N2O3S2. The average Bonchev–Trinajstić information content (AvgIpc) is 2.96. The van der Waals surface area contributed by atoms with Crippen LogP contribution in [0, 0.1) is 0 Å². The Morgan fingerprint density at radius 3 is 2.52 bits per heavy atom. The summed E-state index contributed by atoms with van der Waals surface area (Å²) in [6.07, 6.45) is 2.59. The van der Waals surface area contributed by atoms with Crippen LogP contribution >= 0.6 is 11.3 Å². The zero-order valence-electron chi connectivity index (χ0n) is 13.2. The molecule has 5 nitrogen and oxygen atoms in total. The molecule has 1 amide bonds. The maximum absolute atomic E-state index is 12.6. The molecule has 2 heterocycles.